The maximum absolute atomic E-state index is 12.4. The Balaban J connectivity index is 2.24. The molecule has 0 heterocycles. The fourth-order valence-corrected chi connectivity index (χ4v) is 4.39. The van der Waals surface area contributed by atoms with Crippen molar-refractivity contribution in [2.24, 2.45) is 0 Å². The first-order chi connectivity index (χ1) is 12.2. The molecule has 0 aliphatic heterocycles. The number of ether oxygens (including phenoxy) is 1. The first-order valence-corrected chi connectivity index (χ1v) is 9.85. The molecule has 3 N–H and O–H groups in total. The third kappa shape index (κ3) is 5.18. The van der Waals surface area contributed by atoms with Gasteiger partial charge in [-0.3, -0.25) is 10.1 Å². The molecule has 0 atom stereocenters. The summed E-state index contributed by atoms with van der Waals surface area (Å²) in [5.74, 6) is -1.29. The molecule has 136 valence electrons. The summed E-state index contributed by atoms with van der Waals surface area (Å²) in [5.41, 5.74) is 0.569. The number of methoxy groups -OCH3 is 1. The Labute approximate surface area is 186 Å². The number of aromatic carboxylic acids is 1. The van der Waals surface area contributed by atoms with Crippen molar-refractivity contribution in [1.29, 1.82) is 0 Å². The van der Waals surface area contributed by atoms with Gasteiger partial charge in [-0.05, 0) is 87.7 Å². The van der Waals surface area contributed by atoms with Crippen LogP contribution in [0.5, 0.6) is 5.75 Å². The monoisotopic (exact) mass is 616 g/mol. The maximum atomic E-state index is 12.4. The summed E-state index contributed by atoms with van der Waals surface area (Å²) in [6, 6.07) is 7.92. The maximum Gasteiger partial charge on any atom is 0.337 e. The largest absolute Gasteiger partial charge is 0.496 e. The second-order valence-corrected chi connectivity index (χ2v) is 8.12. The average molecular weight is 617 g/mol. The second-order valence-electron chi connectivity index (χ2n) is 4.87. The highest BCUT2D eigenvalue weighted by molar-refractivity contribution is 14.1. The molecule has 2 aromatic carbocycles. The van der Waals surface area contributed by atoms with Gasteiger partial charge in [0, 0.05) is 12.2 Å². The molecule has 0 bridgehead atoms. The second kappa shape index (κ2) is 9.15. The third-order valence-corrected chi connectivity index (χ3v) is 5.07. The lowest BCUT2D eigenvalue weighted by molar-refractivity contribution is 0.0697. The Morgan fingerprint density at radius 3 is 2.50 bits per heavy atom. The molecule has 2 rings (SSSR count). The number of carboxylic acids is 1. The number of carbonyl (C=O) groups is 2. The Bertz CT molecular complexity index is 908. The molecular weight excluding hydrogens is 606 g/mol. The molecule has 0 radical (unpaired) electrons. The van der Waals surface area contributed by atoms with E-state index in [-0.39, 0.29) is 16.2 Å². The van der Waals surface area contributed by atoms with Gasteiger partial charge < -0.3 is 15.2 Å². The van der Waals surface area contributed by atoms with Crippen LogP contribution in [0, 0.1) is 7.14 Å². The van der Waals surface area contributed by atoms with Crippen LogP contribution in [0.15, 0.2) is 30.3 Å². The molecule has 0 fully saturated rings. The van der Waals surface area contributed by atoms with Crippen molar-refractivity contribution in [1.82, 2.24) is 5.32 Å². The van der Waals surface area contributed by atoms with Crippen LogP contribution < -0.4 is 15.4 Å². The standard InChI is InChI=1S/C16H11ClI2N2O4S/c1-25-12-3-2-7(17)4-9(12)14(22)21-16(26)20-13-10(15(23)24)5-8(18)6-11(13)19/h2-6H,1H3,(H,23,24)(H2,20,21,22,26). The average Bonchev–Trinajstić information content (AvgIpc) is 2.56. The minimum atomic E-state index is -1.10. The van der Waals surface area contributed by atoms with Crippen molar-refractivity contribution < 1.29 is 19.4 Å². The van der Waals surface area contributed by atoms with Crippen molar-refractivity contribution in [2.75, 3.05) is 12.4 Å². The van der Waals surface area contributed by atoms with E-state index in [4.69, 9.17) is 28.6 Å². The minimum Gasteiger partial charge on any atom is -0.496 e. The number of amides is 1. The van der Waals surface area contributed by atoms with Crippen LogP contribution in [0.2, 0.25) is 5.02 Å². The van der Waals surface area contributed by atoms with Crippen molar-refractivity contribution in [2.45, 2.75) is 0 Å². The van der Waals surface area contributed by atoms with Gasteiger partial charge in [-0.15, -0.1) is 0 Å². The lowest BCUT2D eigenvalue weighted by Gasteiger charge is -2.15. The van der Waals surface area contributed by atoms with E-state index in [0.29, 0.717) is 20.0 Å². The number of carbonyl (C=O) groups excluding carboxylic acids is 1. The molecule has 0 aliphatic rings. The van der Waals surface area contributed by atoms with Gasteiger partial charge in [0.05, 0.1) is 23.9 Å². The molecule has 0 aliphatic carbocycles. The number of hydrogen-bond acceptors (Lipinski definition) is 4. The Morgan fingerprint density at radius 2 is 1.88 bits per heavy atom. The van der Waals surface area contributed by atoms with Crippen LogP contribution in [-0.2, 0) is 0 Å². The number of anilines is 1. The van der Waals surface area contributed by atoms with E-state index >= 15 is 0 Å². The predicted octanol–water partition coefficient (Wildman–Crippen LogP) is 4.38. The molecule has 6 nitrogen and oxygen atoms in total. The van der Waals surface area contributed by atoms with Crippen LogP contribution >= 0.6 is 69.0 Å². The summed E-state index contributed by atoms with van der Waals surface area (Å²) in [4.78, 5) is 23.9. The number of thiocarbonyl (C=S) groups is 1. The van der Waals surface area contributed by atoms with E-state index in [9.17, 15) is 14.7 Å². The smallest absolute Gasteiger partial charge is 0.337 e. The Hall–Kier alpha value is -1.18. The molecule has 0 spiro atoms. The predicted molar refractivity (Wildman–Crippen MR) is 121 cm³/mol. The lowest BCUT2D eigenvalue weighted by atomic mass is 10.2. The zero-order valence-electron chi connectivity index (χ0n) is 13.1. The summed E-state index contributed by atoms with van der Waals surface area (Å²) < 4.78 is 6.57. The quantitative estimate of drug-likeness (QED) is 0.349. The van der Waals surface area contributed by atoms with Gasteiger partial charge in [0.15, 0.2) is 5.11 Å². The van der Waals surface area contributed by atoms with E-state index < -0.39 is 11.9 Å². The normalized spacial score (nSPS) is 10.2. The summed E-state index contributed by atoms with van der Waals surface area (Å²) in [5, 5.41) is 15.0. The molecule has 26 heavy (non-hydrogen) atoms. The van der Waals surface area contributed by atoms with E-state index in [1.165, 1.54) is 19.2 Å². The molecule has 10 heteroatoms. The highest BCUT2D eigenvalue weighted by atomic mass is 127. The van der Waals surface area contributed by atoms with Gasteiger partial charge in [0.1, 0.15) is 5.75 Å². The van der Waals surface area contributed by atoms with Crippen molar-refractivity contribution in [3.63, 3.8) is 0 Å². The van der Waals surface area contributed by atoms with E-state index in [1.807, 2.05) is 45.2 Å². The third-order valence-electron chi connectivity index (χ3n) is 3.16. The first-order valence-electron chi connectivity index (χ1n) is 6.91. The number of hydrogen-bond donors (Lipinski definition) is 3. The number of nitrogens with one attached hydrogen (secondary N) is 2. The van der Waals surface area contributed by atoms with E-state index in [0.717, 1.165) is 3.57 Å². The molecule has 0 saturated heterocycles. The van der Waals surface area contributed by atoms with Gasteiger partial charge in [-0.25, -0.2) is 4.79 Å². The summed E-state index contributed by atoms with van der Waals surface area (Å²) in [6.07, 6.45) is 0. The zero-order valence-corrected chi connectivity index (χ0v) is 19.0. The lowest BCUT2D eigenvalue weighted by Crippen LogP contribution is -2.35. The Morgan fingerprint density at radius 1 is 1.19 bits per heavy atom. The Kier molecular flexibility index (Phi) is 7.43. The van der Waals surface area contributed by atoms with Gasteiger partial charge in [-0.2, -0.15) is 0 Å². The molecular formula is C16H11ClI2N2O4S. The van der Waals surface area contributed by atoms with Gasteiger partial charge in [-0.1, -0.05) is 11.6 Å². The summed E-state index contributed by atoms with van der Waals surface area (Å²) >= 11 is 15.1. The van der Waals surface area contributed by atoms with Gasteiger partial charge in [0.2, 0.25) is 0 Å². The van der Waals surface area contributed by atoms with Crippen molar-refractivity contribution in [3.05, 3.63) is 53.6 Å². The van der Waals surface area contributed by atoms with Crippen LogP contribution in [0.25, 0.3) is 0 Å². The number of halogens is 3. The molecule has 0 aromatic heterocycles. The van der Waals surface area contributed by atoms with E-state index in [2.05, 4.69) is 10.6 Å². The first kappa shape index (κ1) is 21.1. The number of carboxylic acid groups (broad SMARTS) is 1. The number of rotatable bonds is 4. The van der Waals surface area contributed by atoms with Crippen LogP contribution in [0.4, 0.5) is 5.69 Å². The minimum absolute atomic E-state index is 0.0429. The molecule has 2 aromatic rings. The number of benzene rings is 2. The van der Waals surface area contributed by atoms with Gasteiger partial charge >= 0.3 is 5.97 Å². The van der Waals surface area contributed by atoms with Crippen LogP contribution in [0.3, 0.4) is 0 Å². The topological polar surface area (TPSA) is 87.7 Å². The summed E-state index contributed by atoms with van der Waals surface area (Å²) in [7, 11) is 1.43. The molecule has 0 saturated carbocycles. The van der Waals surface area contributed by atoms with Crippen LogP contribution in [-0.4, -0.2) is 29.2 Å². The zero-order chi connectivity index (χ0) is 19.4. The molecule has 1 amide bonds. The van der Waals surface area contributed by atoms with Crippen LogP contribution in [0.1, 0.15) is 20.7 Å². The summed E-state index contributed by atoms with van der Waals surface area (Å²) in [6.45, 7) is 0. The SMILES string of the molecule is COc1ccc(Cl)cc1C(=O)NC(=S)Nc1c(I)cc(I)cc1C(=O)O. The van der Waals surface area contributed by atoms with Crippen molar-refractivity contribution in [3.8, 4) is 5.75 Å². The highest BCUT2D eigenvalue weighted by Crippen LogP contribution is 2.26. The fourth-order valence-electron chi connectivity index (χ4n) is 2.04. The fraction of sp³-hybridized carbons (Fsp3) is 0.0625. The van der Waals surface area contributed by atoms with Crippen molar-refractivity contribution >= 4 is 91.7 Å². The van der Waals surface area contributed by atoms with Gasteiger partial charge in [0.25, 0.3) is 5.91 Å². The molecule has 0 unspecified atom stereocenters. The highest BCUT2D eigenvalue weighted by Gasteiger charge is 2.18. The van der Waals surface area contributed by atoms with E-state index in [1.54, 1.807) is 18.2 Å².